The summed E-state index contributed by atoms with van der Waals surface area (Å²) in [6, 6.07) is 27.6. The molecule has 4 aromatic carbocycles. The van der Waals surface area contributed by atoms with E-state index in [4.69, 9.17) is 9.47 Å². The van der Waals surface area contributed by atoms with Crippen molar-refractivity contribution in [3.63, 3.8) is 0 Å². The highest BCUT2D eigenvalue weighted by Gasteiger charge is 2.14. The zero-order valence-electron chi connectivity index (χ0n) is 21.9. The van der Waals surface area contributed by atoms with Gasteiger partial charge < -0.3 is 14.0 Å². The van der Waals surface area contributed by atoms with Crippen LogP contribution in [0, 0.1) is 19.7 Å². The van der Waals surface area contributed by atoms with Gasteiger partial charge in [0.15, 0.2) is 0 Å². The Balaban J connectivity index is 1.28. The van der Waals surface area contributed by atoms with Gasteiger partial charge in [-0.2, -0.15) is 5.10 Å². The van der Waals surface area contributed by atoms with Crippen LogP contribution in [0.1, 0.15) is 32.9 Å². The summed E-state index contributed by atoms with van der Waals surface area (Å²) in [4.78, 5) is 12.9. The second kappa shape index (κ2) is 11.2. The van der Waals surface area contributed by atoms with Gasteiger partial charge in [0.2, 0.25) is 0 Å². The van der Waals surface area contributed by atoms with Crippen LogP contribution < -0.4 is 14.9 Å². The molecule has 1 heterocycles. The molecule has 196 valence electrons. The van der Waals surface area contributed by atoms with Crippen molar-refractivity contribution in [2.75, 3.05) is 7.11 Å². The average Bonchev–Trinajstić information content (AvgIpc) is 3.24. The first-order chi connectivity index (χ1) is 18.9. The zero-order valence-corrected chi connectivity index (χ0v) is 21.9. The summed E-state index contributed by atoms with van der Waals surface area (Å²) in [7, 11) is 1.54. The van der Waals surface area contributed by atoms with Crippen molar-refractivity contribution in [1.82, 2.24) is 9.99 Å². The number of rotatable bonds is 8. The second-order valence-corrected chi connectivity index (χ2v) is 9.13. The fraction of sp³-hybridized carbons (Fsp3) is 0.125. The minimum absolute atomic E-state index is 0.158. The Morgan fingerprint density at radius 1 is 0.949 bits per heavy atom. The Labute approximate surface area is 226 Å². The van der Waals surface area contributed by atoms with Gasteiger partial charge in [0.1, 0.15) is 23.9 Å². The first-order valence-corrected chi connectivity index (χ1v) is 12.5. The quantitative estimate of drug-likeness (QED) is 0.182. The van der Waals surface area contributed by atoms with Gasteiger partial charge in [0.05, 0.1) is 18.9 Å². The van der Waals surface area contributed by atoms with E-state index >= 15 is 0 Å². The summed E-state index contributed by atoms with van der Waals surface area (Å²) in [6.45, 7) is 4.15. The van der Waals surface area contributed by atoms with Gasteiger partial charge in [0.25, 0.3) is 5.91 Å². The van der Waals surface area contributed by atoms with Crippen LogP contribution in [0.3, 0.4) is 0 Å². The molecule has 0 bridgehead atoms. The maximum Gasteiger partial charge on any atom is 0.275 e. The van der Waals surface area contributed by atoms with Crippen LogP contribution in [-0.4, -0.2) is 23.8 Å². The largest absolute Gasteiger partial charge is 0.496 e. The van der Waals surface area contributed by atoms with Crippen molar-refractivity contribution in [3.8, 4) is 17.2 Å². The van der Waals surface area contributed by atoms with E-state index in [2.05, 4.69) is 15.1 Å². The number of benzene rings is 4. The average molecular weight is 522 g/mol. The molecule has 39 heavy (non-hydrogen) atoms. The van der Waals surface area contributed by atoms with E-state index in [0.29, 0.717) is 22.6 Å². The number of ether oxygens (including phenoxy) is 2. The molecule has 1 N–H and O–H groups in total. The van der Waals surface area contributed by atoms with Crippen LogP contribution in [0.5, 0.6) is 11.5 Å². The number of halogens is 1. The minimum atomic E-state index is -0.353. The number of carbonyl (C=O) groups is 1. The normalized spacial score (nSPS) is 11.2. The Morgan fingerprint density at radius 3 is 2.36 bits per heavy atom. The van der Waals surface area contributed by atoms with Crippen molar-refractivity contribution < 1.29 is 18.7 Å². The molecule has 5 aromatic rings. The summed E-state index contributed by atoms with van der Waals surface area (Å²) in [5, 5.41) is 6.15. The lowest BCUT2D eigenvalue weighted by molar-refractivity contribution is 0.0952. The number of nitrogens with one attached hydrogen (secondary N) is 1. The van der Waals surface area contributed by atoms with Crippen molar-refractivity contribution >= 4 is 22.9 Å². The highest BCUT2D eigenvalue weighted by Crippen LogP contribution is 2.26. The molecule has 6 nitrogen and oxygen atoms in total. The molecule has 0 aliphatic heterocycles. The van der Waals surface area contributed by atoms with Crippen molar-refractivity contribution in [3.05, 3.63) is 125 Å². The number of nitrogens with zero attached hydrogens (tertiary/aromatic N) is 2. The van der Waals surface area contributed by atoms with Gasteiger partial charge in [-0.05, 0) is 73.2 Å². The van der Waals surface area contributed by atoms with Gasteiger partial charge in [-0.25, -0.2) is 9.82 Å². The first-order valence-electron chi connectivity index (χ1n) is 12.5. The van der Waals surface area contributed by atoms with E-state index < -0.39 is 0 Å². The van der Waals surface area contributed by atoms with Crippen molar-refractivity contribution in [1.29, 1.82) is 0 Å². The molecular formula is C32H28FN3O3. The minimum Gasteiger partial charge on any atom is -0.496 e. The molecule has 0 spiro atoms. The predicted molar refractivity (Wildman–Crippen MR) is 152 cm³/mol. The standard InChI is InChI=1S/C32H28FN3O3/c1-21-16-26(19-34-35-32(37)29-17-23-8-4-5-9-24(23)18-31(29)38-3)22(2)36(21)27-12-14-28(15-13-27)39-20-25-10-6-7-11-30(25)33/h4-19H,20H2,1-3H3,(H,35,37)/b34-19-. The lowest BCUT2D eigenvalue weighted by atomic mass is 10.1. The van der Waals surface area contributed by atoms with E-state index in [1.165, 1.54) is 6.07 Å². The van der Waals surface area contributed by atoms with Gasteiger partial charge in [0, 0.05) is 28.2 Å². The van der Waals surface area contributed by atoms with E-state index in [0.717, 1.165) is 33.4 Å². The maximum atomic E-state index is 13.9. The number of fused-ring (bicyclic) bond motifs is 1. The smallest absolute Gasteiger partial charge is 0.275 e. The van der Waals surface area contributed by atoms with Gasteiger partial charge >= 0.3 is 0 Å². The SMILES string of the molecule is COc1cc2ccccc2cc1C(=O)N/N=C\c1cc(C)n(-c2ccc(OCc3ccccc3F)cc2)c1C. The van der Waals surface area contributed by atoms with Gasteiger partial charge in [-0.3, -0.25) is 4.79 Å². The number of methoxy groups -OCH3 is 1. The summed E-state index contributed by atoms with van der Waals surface area (Å²) in [5.74, 6) is 0.502. The Kier molecular flexibility index (Phi) is 7.41. The number of amides is 1. The third-order valence-corrected chi connectivity index (χ3v) is 6.60. The number of aromatic nitrogens is 1. The molecule has 0 fully saturated rings. The van der Waals surface area contributed by atoms with Gasteiger partial charge in [-0.15, -0.1) is 0 Å². The summed E-state index contributed by atoms with van der Waals surface area (Å²) in [6.07, 6.45) is 1.64. The van der Waals surface area contributed by atoms with Crippen LogP contribution in [0.4, 0.5) is 4.39 Å². The third kappa shape index (κ3) is 5.52. The van der Waals surface area contributed by atoms with Crippen molar-refractivity contribution in [2.24, 2.45) is 5.10 Å². The monoisotopic (exact) mass is 521 g/mol. The van der Waals surface area contributed by atoms with E-state index in [1.54, 1.807) is 37.6 Å². The summed E-state index contributed by atoms with van der Waals surface area (Å²) in [5.41, 5.74) is 7.34. The van der Waals surface area contributed by atoms with E-state index in [1.807, 2.05) is 74.5 Å². The van der Waals surface area contributed by atoms with Crippen LogP contribution in [0.15, 0.2) is 96.1 Å². The lowest BCUT2D eigenvalue weighted by Gasteiger charge is -2.12. The summed E-state index contributed by atoms with van der Waals surface area (Å²) < 4.78 is 27.1. The second-order valence-electron chi connectivity index (χ2n) is 9.13. The Morgan fingerprint density at radius 2 is 1.64 bits per heavy atom. The molecule has 1 aromatic heterocycles. The van der Waals surface area contributed by atoms with E-state index in [-0.39, 0.29) is 18.3 Å². The molecule has 0 radical (unpaired) electrons. The Hall–Kier alpha value is -4.91. The van der Waals surface area contributed by atoms with Crippen LogP contribution >= 0.6 is 0 Å². The molecule has 0 saturated heterocycles. The molecule has 0 aliphatic rings. The molecule has 0 aliphatic carbocycles. The highest BCUT2D eigenvalue weighted by atomic mass is 19.1. The number of aryl methyl sites for hydroxylation is 1. The molecule has 0 saturated carbocycles. The van der Waals surface area contributed by atoms with Crippen LogP contribution in [0.2, 0.25) is 0 Å². The molecular weight excluding hydrogens is 493 g/mol. The summed E-state index contributed by atoms with van der Waals surface area (Å²) >= 11 is 0. The number of hydrogen-bond donors (Lipinski definition) is 1. The fourth-order valence-electron chi connectivity index (χ4n) is 4.57. The van der Waals surface area contributed by atoms with Crippen molar-refractivity contribution in [2.45, 2.75) is 20.5 Å². The number of carbonyl (C=O) groups excluding carboxylic acids is 1. The lowest BCUT2D eigenvalue weighted by Crippen LogP contribution is -2.18. The maximum absolute atomic E-state index is 13.9. The predicted octanol–water partition coefficient (Wildman–Crippen LogP) is 6.74. The highest BCUT2D eigenvalue weighted by molar-refractivity contribution is 6.02. The first kappa shape index (κ1) is 25.7. The topological polar surface area (TPSA) is 64.8 Å². The number of hydrogen-bond acceptors (Lipinski definition) is 4. The van der Waals surface area contributed by atoms with Crippen LogP contribution in [-0.2, 0) is 6.61 Å². The molecule has 5 rings (SSSR count). The molecule has 0 unspecified atom stereocenters. The third-order valence-electron chi connectivity index (χ3n) is 6.60. The number of hydrazone groups is 1. The molecule has 1 amide bonds. The van der Waals surface area contributed by atoms with Crippen LogP contribution in [0.25, 0.3) is 16.5 Å². The Bertz CT molecular complexity index is 1670. The van der Waals surface area contributed by atoms with Gasteiger partial charge in [-0.1, -0.05) is 42.5 Å². The fourth-order valence-corrected chi connectivity index (χ4v) is 4.57. The zero-order chi connectivity index (χ0) is 27.4. The van der Waals surface area contributed by atoms with E-state index in [9.17, 15) is 9.18 Å². The molecule has 7 heteroatoms. The molecule has 0 atom stereocenters.